The molecule has 3 unspecified atom stereocenters. The Morgan fingerprint density at radius 1 is 1.26 bits per heavy atom. The predicted molar refractivity (Wildman–Crippen MR) is 171 cm³/mol. The summed E-state index contributed by atoms with van der Waals surface area (Å²) in [6.07, 6.45) is -7.33. The lowest BCUT2D eigenvalue weighted by Crippen LogP contribution is -2.50. The van der Waals surface area contributed by atoms with Crippen molar-refractivity contribution in [1.82, 2.24) is 10.2 Å². The number of anilines is 2. The third kappa shape index (κ3) is 9.68. The molecule has 256 valence electrons. The van der Waals surface area contributed by atoms with E-state index in [9.17, 15) is 27.5 Å². The van der Waals surface area contributed by atoms with Crippen LogP contribution in [0.3, 0.4) is 0 Å². The minimum atomic E-state index is -4.51. The van der Waals surface area contributed by atoms with Crippen LogP contribution in [0.25, 0.3) is 10.1 Å². The number of halogens is 5. The van der Waals surface area contributed by atoms with Crippen molar-refractivity contribution in [2.24, 2.45) is 0 Å². The number of amides is 1. The Morgan fingerprint density at radius 3 is 2.72 bits per heavy atom. The van der Waals surface area contributed by atoms with E-state index < -0.39 is 42.6 Å². The summed E-state index contributed by atoms with van der Waals surface area (Å²) in [5.74, 6) is 4.17. The molecule has 9 nitrogen and oxygen atoms in total. The summed E-state index contributed by atoms with van der Waals surface area (Å²) < 4.78 is 81.8. The van der Waals surface area contributed by atoms with Crippen molar-refractivity contribution in [3.05, 3.63) is 52.2 Å². The van der Waals surface area contributed by atoms with Crippen LogP contribution < -0.4 is 20.7 Å². The first-order valence-electron chi connectivity index (χ1n) is 14.9. The van der Waals surface area contributed by atoms with Crippen molar-refractivity contribution in [2.75, 3.05) is 70.8 Å². The number of aliphatic hydroxyl groups excluding tert-OH is 2. The highest BCUT2D eigenvalue weighted by Crippen LogP contribution is 2.39. The molecule has 0 spiro atoms. The zero-order valence-electron chi connectivity index (χ0n) is 25.8. The molecule has 0 radical (unpaired) electrons. The van der Waals surface area contributed by atoms with E-state index in [4.69, 9.17) is 14.6 Å². The van der Waals surface area contributed by atoms with Gasteiger partial charge < -0.3 is 35.6 Å². The van der Waals surface area contributed by atoms with Gasteiger partial charge >= 0.3 is 6.18 Å². The Bertz CT molecular complexity index is 1590. The number of nitrogens with one attached hydrogen (secondary N) is 3. The normalized spacial score (nSPS) is 17.6. The van der Waals surface area contributed by atoms with Crippen molar-refractivity contribution in [3.8, 4) is 17.6 Å². The van der Waals surface area contributed by atoms with E-state index in [1.807, 2.05) is 4.90 Å². The molecule has 0 bridgehead atoms. The minimum absolute atomic E-state index is 0.000317. The van der Waals surface area contributed by atoms with Crippen LogP contribution in [0.15, 0.2) is 30.3 Å². The van der Waals surface area contributed by atoms with Gasteiger partial charge in [-0.15, -0.1) is 11.3 Å². The average molecular weight is 685 g/mol. The van der Waals surface area contributed by atoms with E-state index in [2.05, 4.69) is 27.8 Å². The molecule has 1 aliphatic rings. The van der Waals surface area contributed by atoms with E-state index in [0.717, 1.165) is 17.4 Å². The molecular formula is C32H37F5N4O5S. The number of fused-ring (bicyclic) bond motifs is 1. The molecule has 0 saturated carbocycles. The third-order valence-electron chi connectivity index (χ3n) is 7.45. The number of ether oxygens (including phenoxy) is 2. The Kier molecular flexibility index (Phi) is 12.6. The zero-order valence-corrected chi connectivity index (χ0v) is 26.7. The molecular weight excluding hydrogens is 647 g/mol. The van der Waals surface area contributed by atoms with Crippen molar-refractivity contribution < 1.29 is 46.4 Å². The molecule has 1 fully saturated rings. The molecule has 2 aromatic carbocycles. The number of nitrogens with zero attached hydrogens (tertiary/aromatic N) is 1. The van der Waals surface area contributed by atoms with Crippen molar-refractivity contribution in [3.63, 3.8) is 0 Å². The van der Waals surface area contributed by atoms with E-state index >= 15 is 4.39 Å². The molecule has 1 aromatic heterocycles. The maximum atomic E-state index is 15.2. The fraction of sp³-hybridized carbons (Fsp3) is 0.469. The summed E-state index contributed by atoms with van der Waals surface area (Å²) in [6, 6.07) is 6.52. The van der Waals surface area contributed by atoms with E-state index in [1.54, 1.807) is 18.2 Å². The minimum Gasteiger partial charge on any atom is -0.489 e. The number of thiophene rings is 1. The SMILES string of the molecule is CNC(=O)c1cc(OCCO)c(NCC#Cc2sc3c(NC4CCN(CC(O)COC)CC4F)cccc3c2CC(F)(F)F)cc1F. The second-order valence-corrected chi connectivity index (χ2v) is 12.0. The highest BCUT2D eigenvalue weighted by atomic mass is 32.1. The fourth-order valence-electron chi connectivity index (χ4n) is 5.34. The van der Waals surface area contributed by atoms with Crippen LogP contribution in [0.5, 0.6) is 5.75 Å². The smallest absolute Gasteiger partial charge is 0.393 e. The Labute approximate surface area is 273 Å². The number of hydrogen-bond acceptors (Lipinski definition) is 9. The molecule has 15 heteroatoms. The number of alkyl halides is 4. The van der Waals surface area contributed by atoms with Gasteiger partial charge in [0.2, 0.25) is 0 Å². The molecule has 3 atom stereocenters. The molecule has 47 heavy (non-hydrogen) atoms. The van der Waals surface area contributed by atoms with Gasteiger partial charge in [0.25, 0.3) is 5.91 Å². The van der Waals surface area contributed by atoms with Gasteiger partial charge in [-0.1, -0.05) is 24.0 Å². The molecule has 2 heterocycles. The number of methoxy groups -OCH3 is 1. The number of likely N-dealkylation sites (tertiary alicyclic amines) is 1. The fourth-order valence-corrected chi connectivity index (χ4v) is 6.51. The first kappa shape index (κ1) is 36.2. The number of aliphatic hydroxyl groups is 2. The van der Waals surface area contributed by atoms with Crippen LogP contribution in [-0.4, -0.2) is 106 Å². The van der Waals surface area contributed by atoms with Gasteiger partial charge in [0.15, 0.2) is 0 Å². The Morgan fingerprint density at radius 2 is 2.04 bits per heavy atom. The van der Waals surface area contributed by atoms with Crippen LogP contribution >= 0.6 is 11.3 Å². The molecule has 1 aliphatic heterocycles. The van der Waals surface area contributed by atoms with Gasteiger partial charge in [-0.25, -0.2) is 8.78 Å². The summed E-state index contributed by atoms with van der Waals surface area (Å²) in [4.78, 5) is 14.0. The molecule has 0 aliphatic carbocycles. The number of benzene rings is 2. The topological polar surface area (TPSA) is 115 Å². The molecule has 5 N–H and O–H groups in total. The van der Waals surface area contributed by atoms with E-state index in [1.165, 1.54) is 20.2 Å². The van der Waals surface area contributed by atoms with Crippen molar-refractivity contribution in [2.45, 2.75) is 37.3 Å². The predicted octanol–water partition coefficient (Wildman–Crippen LogP) is 4.17. The highest BCUT2D eigenvalue weighted by Gasteiger charge is 2.33. The molecule has 4 rings (SSSR count). The van der Waals surface area contributed by atoms with Crippen LogP contribution in [0.4, 0.5) is 33.3 Å². The van der Waals surface area contributed by atoms with Crippen LogP contribution in [-0.2, 0) is 11.2 Å². The van der Waals surface area contributed by atoms with Crippen molar-refractivity contribution in [1.29, 1.82) is 0 Å². The molecule has 3 aromatic rings. The standard InChI is InChI=1S/C32H37F5N4O5S/c1-38-31(44)21-13-28(46-12-11-42)27(14-23(21)33)39-9-4-7-29-22(15-32(35,36)37)20-5-3-6-26(30(20)47-29)40-25-8-10-41(17-24(25)34)16-19(43)18-45-2/h3,5-6,13-14,19,24-25,39-40,42-43H,8-12,15-18H2,1-2H3,(H,38,44). The number of piperidine rings is 1. The first-order valence-corrected chi connectivity index (χ1v) is 15.7. The Balaban J connectivity index is 1.56. The van der Waals surface area contributed by atoms with E-state index in [0.29, 0.717) is 28.7 Å². The maximum absolute atomic E-state index is 15.2. The van der Waals surface area contributed by atoms with Gasteiger partial charge in [-0.05, 0) is 29.5 Å². The van der Waals surface area contributed by atoms with Crippen LogP contribution in [0, 0.1) is 17.7 Å². The maximum Gasteiger partial charge on any atom is 0.393 e. The highest BCUT2D eigenvalue weighted by molar-refractivity contribution is 7.20. The summed E-state index contributed by atoms with van der Waals surface area (Å²) in [5, 5.41) is 27.9. The number of rotatable bonds is 13. The Hall–Kier alpha value is -3.68. The average Bonchev–Trinajstić information content (AvgIpc) is 3.36. The number of hydrogen-bond donors (Lipinski definition) is 5. The first-order chi connectivity index (χ1) is 22.4. The lowest BCUT2D eigenvalue weighted by atomic mass is 10.0. The molecule has 1 amide bonds. The number of carbonyl (C=O) groups is 1. The lowest BCUT2D eigenvalue weighted by Gasteiger charge is -2.36. The van der Waals surface area contributed by atoms with Gasteiger partial charge in [-0.3, -0.25) is 9.69 Å². The summed E-state index contributed by atoms with van der Waals surface area (Å²) in [7, 11) is 2.82. The zero-order chi connectivity index (χ0) is 34.1. The third-order valence-corrected chi connectivity index (χ3v) is 8.65. The summed E-state index contributed by atoms with van der Waals surface area (Å²) in [5.41, 5.74) is 0.366. The van der Waals surface area contributed by atoms with Gasteiger partial charge in [0.05, 0.1) is 64.8 Å². The van der Waals surface area contributed by atoms with Crippen molar-refractivity contribution >= 4 is 38.7 Å². The van der Waals surface area contributed by atoms with Gasteiger partial charge in [-0.2, -0.15) is 13.2 Å². The second kappa shape index (κ2) is 16.4. The van der Waals surface area contributed by atoms with Crippen LogP contribution in [0.2, 0.25) is 0 Å². The largest absolute Gasteiger partial charge is 0.489 e. The lowest BCUT2D eigenvalue weighted by molar-refractivity contribution is -0.126. The van der Waals surface area contributed by atoms with Crippen LogP contribution in [0.1, 0.15) is 27.2 Å². The molecule has 1 saturated heterocycles. The summed E-state index contributed by atoms with van der Waals surface area (Å²) >= 11 is 1.07. The summed E-state index contributed by atoms with van der Waals surface area (Å²) in [6.45, 7) is 0.452. The van der Waals surface area contributed by atoms with E-state index in [-0.39, 0.29) is 66.9 Å². The quantitative estimate of drug-likeness (QED) is 0.135. The monoisotopic (exact) mass is 684 g/mol. The number of carbonyl (C=O) groups excluding carboxylic acids is 1. The number of β-amino-alcohol motifs (C(OH)–C–C–N with tert-alkyl or cyclic N) is 1. The second-order valence-electron chi connectivity index (χ2n) is 10.9. The van der Waals surface area contributed by atoms with Gasteiger partial charge in [0, 0.05) is 39.9 Å². The van der Waals surface area contributed by atoms with Gasteiger partial charge in [0.1, 0.15) is 24.3 Å².